The van der Waals surface area contributed by atoms with Gasteiger partial charge in [-0.1, -0.05) is 12.1 Å². The van der Waals surface area contributed by atoms with Crippen LogP contribution in [-0.4, -0.2) is 13.9 Å². The quantitative estimate of drug-likeness (QED) is 0.500. The SMILES string of the molecule is O=S(=O)(c1ccc[c]c1-c1c(F)c(F)c(C(F)(F)F)c(F)c1F)C(F)(F)F. The van der Waals surface area contributed by atoms with Crippen LogP contribution in [0.25, 0.3) is 11.1 Å². The third kappa shape index (κ3) is 3.35. The van der Waals surface area contributed by atoms with Crippen LogP contribution in [0.1, 0.15) is 5.56 Å². The highest BCUT2D eigenvalue weighted by atomic mass is 32.2. The molecular formula is C14H3F10O2S. The van der Waals surface area contributed by atoms with Crippen LogP contribution in [0.15, 0.2) is 23.1 Å². The Morgan fingerprint density at radius 2 is 1.30 bits per heavy atom. The molecule has 0 atom stereocenters. The molecule has 13 heteroatoms. The summed E-state index contributed by atoms with van der Waals surface area (Å²) in [5, 5.41) is 0. The standard InChI is InChI=1S/C14H3F10O2S/c15-9-7(10(16)12(18)8(11(9)17)13(19,20)21)5-3-1-2-4-6(5)27(25,26)14(22,23)24/h1-2,4H. The van der Waals surface area contributed by atoms with Gasteiger partial charge in [0.2, 0.25) is 0 Å². The highest BCUT2D eigenvalue weighted by molar-refractivity contribution is 7.92. The largest absolute Gasteiger partial charge is 0.501 e. The molecule has 27 heavy (non-hydrogen) atoms. The van der Waals surface area contributed by atoms with E-state index in [4.69, 9.17) is 0 Å². The fourth-order valence-electron chi connectivity index (χ4n) is 2.07. The van der Waals surface area contributed by atoms with Gasteiger partial charge in [0.25, 0.3) is 9.84 Å². The first-order chi connectivity index (χ1) is 12.1. The van der Waals surface area contributed by atoms with E-state index in [-0.39, 0.29) is 6.07 Å². The zero-order valence-corrected chi connectivity index (χ0v) is 13.1. The van der Waals surface area contributed by atoms with Crippen LogP contribution in [0.3, 0.4) is 0 Å². The lowest BCUT2D eigenvalue weighted by atomic mass is 10.0. The second kappa shape index (κ2) is 6.39. The Hall–Kier alpha value is -2.31. The van der Waals surface area contributed by atoms with Crippen molar-refractivity contribution >= 4 is 9.84 Å². The van der Waals surface area contributed by atoms with Crippen molar-refractivity contribution in [3.05, 3.63) is 53.1 Å². The highest BCUT2D eigenvalue weighted by Gasteiger charge is 2.49. The predicted octanol–water partition coefficient (Wildman–Crippen LogP) is 5.02. The van der Waals surface area contributed by atoms with Crippen LogP contribution >= 0.6 is 0 Å². The Kier molecular flexibility index (Phi) is 4.97. The molecule has 0 aromatic heterocycles. The summed E-state index contributed by atoms with van der Waals surface area (Å²) in [6.07, 6.45) is -5.88. The topological polar surface area (TPSA) is 34.1 Å². The Labute approximate surface area is 143 Å². The number of hydrogen-bond donors (Lipinski definition) is 0. The van der Waals surface area contributed by atoms with Gasteiger partial charge in [0.1, 0.15) is 5.56 Å². The van der Waals surface area contributed by atoms with E-state index in [1.807, 2.05) is 0 Å². The van der Waals surface area contributed by atoms with Gasteiger partial charge >= 0.3 is 11.7 Å². The number of benzene rings is 2. The van der Waals surface area contributed by atoms with Crippen molar-refractivity contribution in [1.29, 1.82) is 0 Å². The number of rotatable bonds is 2. The average molecular weight is 425 g/mol. The lowest BCUT2D eigenvalue weighted by Gasteiger charge is -2.16. The van der Waals surface area contributed by atoms with Gasteiger partial charge in [-0.25, -0.2) is 26.0 Å². The molecule has 1 radical (unpaired) electrons. The zero-order valence-electron chi connectivity index (χ0n) is 12.2. The molecule has 2 aromatic rings. The average Bonchev–Trinajstić information content (AvgIpc) is 2.51. The molecular weight excluding hydrogens is 422 g/mol. The first kappa shape index (κ1) is 21.0. The van der Waals surface area contributed by atoms with Crippen molar-refractivity contribution in [2.45, 2.75) is 16.6 Å². The molecule has 0 spiro atoms. The second-order valence-electron chi connectivity index (χ2n) is 4.86. The van der Waals surface area contributed by atoms with Gasteiger partial charge in [-0.05, 0) is 12.1 Å². The summed E-state index contributed by atoms with van der Waals surface area (Å²) in [4.78, 5) is -1.85. The number of alkyl halides is 6. The van der Waals surface area contributed by atoms with E-state index < -0.39 is 66.4 Å². The van der Waals surface area contributed by atoms with Gasteiger partial charge in [-0.15, -0.1) is 0 Å². The number of sulfone groups is 1. The number of halogens is 10. The van der Waals surface area contributed by atoms with E-state index in [2.05, 4.69) is 0 Å². The molecule has 2 nitrogen and oxygen atoms in total. The van der Waals surface area contributed by atoms with E-state index >= 15 is 0 Å². The lowest BCUT2D eigenvalue weighted by Crippen LogP contribution is -2.24. The van der Waals surface area contributed by atoms with E-state index in [9.17, 15) is 52.3 Å². The summed E-state index contributed by atoms with van der Waals surface area (Å²) < 4.78 is 154. The van der Waals surface area contributed by atoms with Gasteiger partial charge in [0.15, 0.2) is 23.3 Å². The molecule has 0 saturated carbocycles. The first-order valence-electron chi connectivity index (χ1n) is 6.38. The van der Waals surface area contributed by atoms with Gasteiger partial charge in [-0.3, -0.25) is 0 Å². The third-order valence-corrected chi connectivity index (χ3v) is 4.74. The van der Waals surface area contributed by atoms with Crippen molar-refractivity contribution in [2.75, 3.05) is 0 Å². The Morgan fingerprint density at radius 3 is 1.70 bits per heavy atom. The molecule has 0 fully saturated rings. The molecule has 2 rings (SSSR count). The van der Waals surface area contributed by atoms with Gasteiger partial charge < -0.3 is 0 Å². The second-order valence-corrected chi connectivity index (χ2v) is 6.77. The molecule has 0 aliphatic carbocycles. The van der Waals surface area contributed by atoms with Gasteiger partial charge in [-0.2, -0.15) is 26.3 Å². The van der Waals surface area contributed by atoms with Gasteiger partial charge in [0, 0.05) is 5.56 Å². The Morgan fingerprint density at radius 1 is 0.815 bits per heavy atom. The van der Waals surface area contributed by atoms with E-state index in [1.165, 1.54) is 0 Å². The number of hydrogen-bond acceptors (Lipinski definition) is 2. The Bertz CT molecular complexity index is 977. The molecule has 0 bridgehead atoms. The predicted molar refractivity (Wildman–Crippen MR) is 68.8 cm³/mol. The molecule has 0 heterocycles. The van der Waals surface area contributed by atoms with Crippen molar-refractivity contribution in [2.24, 2.45) is 0 Å². The maximum absolute atomic E-state index is 14.0. The summed E-state index contributed by atoms with van der Waals surface area (Å²) >= 11 is 0. The van der Waals surface area contributed by atoms with Crippen LogP contribution in [0.4, 0.5) is 43.9 Å². The van der Waals surface area contributed by atoms with Gasteiger partial charge in [0.05, 0.1) is 10.5 Å². The summed E-state index contributed by atoms with van der Waals surface area (Å²) in [5.41, 5.74) is -12.7. The molecule has 0 aliphatic heterocycles. The molecule has 0 aliphatic rings. The normalized spacial score (nSPS) is 13.1. The summed E-state index contributed by atoms with van der Waals surface area (Å²) in [7, 11) is -6.28. The molecule has 147 valence electrons. The Balaban J connectivity index is 2.96. The van der Waals surface area contributed by atoms with Crippen LogP contribution in [0.5, 0.6) is 0 Å². The minimum Gasteiger partial charge on any atom is -0.214 e. The molecule has 2 aromatic carbocycles. The van der Waals surface area contributed by atoms with Crippen molar-refractivity contribution in [3.63, 3.8) is 0 Å². The molecule has 0 saturated heterocycles. The monoisotopic (exact) mass is 425 g/mol. The van der Waals surface area contributed by atoms with Crippen molar-refractivity contribution < 1.29 is 52.3 Å². The van der Waals surface area contributed by atoms with E-state index in [1.54, 1.807) is 6.07 Å². The fourth-order valence-corrected chi connectivity index (χ4v) is 3.00. The van der Waals surface area contributed by atoms with Crippen molar-refractivity contribution in [3.8, 4) is 11.1 Å². The summed E-state index contributed by atoms with van der Waals surface area (Å²) in [6, 6.07) is 3.13. The minimum absolute atomic E-state index is 0.195. The molecule has 0 unspecified atom stereocenters. The zero-order chi connectivity index (χ0) is 20.9. The summed E-state index contributed by atoms with van der Waals surface area (Å²) in [5.74, 6) is -11.4. The van der Waals surface area contributed by atoms with Crippen LogP contribution in [-0.2, 0) is 16.0 Å². The van der Waals surface area contributed by atoms with E-state index in [0.29, 0.717) is 12.1 Å². The van der Waals surface area contributed by atoms with Crippen LogP contribution in [0.2, 0.25) is 0 Å². The minimum atomic E-state index is -6.28. The highest BCUT2D eigenvalue weighted by Crippen LogP contribution is 2.42. The molecule has 0 N–H and O–H groups in total. The third-order valence-electron chi connectivity index (χ3n) is 3.21. The lowest BCUT2D eigenvalue weighted by molar-refractivity contribution is -0.143. The van der Waals surface area contributed by atoms with E-state index in [0.717, 1.165) is 0 Å². The van der Waals surface area contributed by atoms with Crippen LogP contribution < -0.4 is 0 Å². The summed E-state index contributed by atoms with van der Waals surface area (Å²) in [6.45, 7) is 0. The maximum atomic E-state index is 14.0. The first-order valence-corrected chi connectivity index (χ1v) is 7.86. The smallest absolute Gasteiger partial charge is 0.214 e. The van der Waals surface area contributed by atoms with Crippen LogP contribution in [0, 0.1) is 29.3 Å². The fraction of sp³-hybridized carbons (Fsp3) is 0.143. The van der Waals surface area contributed by atoms with Crippen molar-refractivity contribution in [1.82, 2.24) is 0 Å². The molecule has 0 amide bonds. The maximum Gasteiger partial charge on any atom is 0.501 e.